The molecule has 4 nitrogen and oxygen atoms in total. The zero-order valence-corrected chi connectivity index (χ0v) is 14.4. The molecule has 1 aromatic carbocycles. The molecule has 120 valence electrons. The Morgan fingerprint density at radius 2 is 2.00 bits per heavy atom. The first kappa shape index (κ1) is 17.2. The molecule has 0 aliphatic rings. The molecular formula is C17H17ClN2O2S. The lowest BCUT2D eigenvalue weighted by Crippen LogP contribution is -2.40. The Balaban J connectivity index is 1.91. The van der Waals surface area contributed by atoms with Gasteiger partial charge in [0, 0.05) is 16.0 Å². The van der Waals surface area contributed by atoms with Crippen LogP contribution in [0.25, 0.3) is 6.08 Å². The summed E-state index contributed by atoms with van der Waals surface area (Å²) in [5.74, 6) is -0.750. The smallest absolute Gasteiger partial charge is 0.268 e. The highest BCUT2D eigenvalue weighted by Gasteiger charge is 2.11. The maximum absolute atomic E-state index is 12.0. The Morgan fingerprint density at radius 3 is 2.65 bits per heavy atom. The van der Waals surface area contributed by atoms with Crippen molar-refractivity contribution in [1.29, 1.82) is 0 Å². The maximum Gasteiger partial charge on any atom is 0.279 e. The van der Waals surface area contributed by atoms with Crippen molar-refractivity contribution < 1.29 is 9.59 Å². The number of carbonyl (C=O) groups excluding carboxylic acids is 2. The molecule has 2 rings (SSSR count). The topological polar surface area (TPSA) is 58.2 Å². The van der Waals surface area contributed by atoms with E-state index in [2.05, 4.69) is 10.9 Å². The summed E-state index contributed by atoms with van der Waals surface area (Å²) >= 11 is 7.43. The van der Waals surface area contributed by atoms with E-state index < -0.39 is 5.91 Å². The number of aryl methyl sites for hydroxylation is 2. The first-order valence-corrected chi connectivity index (χ1v) is 8.33. The molecule has 1 aromatic heterocycles. The zero-order valence-electron chi connectivity index (χ0n) is 12.9. The number of hydrogen-bond acceptors (Lipinski definition) is 3. The molecule has 0 saturated heterocycles. The van der Waals surface area contributed by atoms with Crippen molar-refractivity contribution in [1.82, 2.24) is 10.9 Å². The largest absolute Gasteiger partial charge is 0.279 e. The van der Waals surface area contributed by atoms with Gasteiger partial charge < -0.3 is 0 Å². The fourth-order valence-electron chi connectivity index (χ4n) is 1.98. The molecule has 2 N–H and O–H groups in total. The van der Waals surface area contributed by atoms with E-state index in [9.17, 15) is 9.59 Å². The van der Waals surface area contributed by atoms with Crippen molar-refractivity contribution in [3.63, 3.8) is 0 Å². The third-order valence-corrected chi connectivity index (χ3v) is 4.91. The Bertz CT molecular complexity index is 753. The van der Waals surface area contributed by atoms with Gasteiger partial charge in [0.2, 0.25) is 0 Å². The van der Waals surface area contributed by atoms with Crippen molar-refractivity contribution in [2.45, 2.75) is 20.3 Å². The number of nitrogens with one attached hydrogen (secondary N) is 2. The van der Waals surface area contributed by atoms with Crippen LogP contribution in [0.4, 0.5) is 0 Å². The Hall–Kier alpha value is -2.11. The van der Waals surface area contributed by atoms with E-state index in [1.54, 1.807) is 18.2 Å². The van der Waals surface area contributed by atoms with E-state index in [1.165, 1.54) is 22.3 Å². The number of hydrogen-bond donors (Lipinski definition) is 2. The molecule has 1 heterocycles. The molecule has 2 amide bonds. The molecule has 0 atom stereocenters. The first-order valence-electron chi connectivity index (χ1n) is 7.13. The van der Waals surface area contributed by atoms with Gasteiger partial charge in [0.25, 0.3) is 11.8 Å². The molecule has 2 aromatic rings. The normalized spacial score (nSPS) is 10.7. The van der Waals surface area contributed by atoms with Crippen LogP contribution in [0.3, 0.4) is 0 Å². The fourth-order valence-corrected chi connectivity index (χ4v) is 3.19. The van der Waals surface area contributed by atoms with Crippen molar-refractivity contribution in [3.05, 3.63) is 62.3 Å². The van der Waals surface area contributed by atoms with Crippen LogP contribution in [-0.2, 0) is 11.2 Å². The molecular weight excluding hydrogens is 332 g/mol. The van der Waals surface area contributed by atoms with Crippen LogP contribution in [0.2, 0.25) is 5.02 Å². The molecule has 0 aliphatic heterocycles. The SMILES string of the molecule is CCc1sc(C(=O)NNC(=O)/C=C/c2ccccc2Cl)cc1C. The van der Waals surface area contributed by atoms with Gasteiger partial charge in [-0.2, -0.15) is 0 Å². The molecule has 0 spiro atoms. The average molecular weight is 349 g/mol. The minimum Gasteiger partial charge on any atom is -0.268 e. The number of rotatable bonds is 4. The molecule has 6 heteroatoms. The summed E-state index contributed by atoms with van der Waals surface area (Å²) in [4.78, 5) is 25.5. The summed E-state index contributed by atoms with van der Waals surface area (Å²) < 4.78 is 0. The summed E-state index contributed by atoms with van der Waals surface area (Å²) in [6, 6.07) is 9.00. The average Bonchev–Trinajstić information content (AvgIpc) is 2.93. The monoisotopic (exact) mass is 348 g/mol. The second-order valence-electron chi connectivity index (χ2n) is 4.87. The highest BCUT2D eigenvalue weighted by molar-refractivity contribution is 7.14. The summed E-state index contributed by atoms with van der Waals surface area (Å²) in [5, 5.41) is 0.557. The van der Waals surface area contributed by atoms with Crippen molar-refractivity contribution >= 4 is 40.8 Å². The molecule has 0 radical (unpaired) electrons. The first-order chi connectivity index (χ1) is 11.0. The summed E-state index contributed by atoms with van der Waals surface area (Å²) in [5.41, 5.74) is 6.58. The number of hydrazine groups is 1. The lowest BCUT2D eigenvalue weighted by molar-refractivity contribution is -0.117. The molecule has 0 aliphatic carbocycles. The van der Waals surface area contributed by atoms with E-state index in [4.69, 9.17) is 11.6 Å². The van der Waals surface area contributed by atoms with Crippen LogP contribution in [-0.4, -0.2) is 11.8 Å². The van der Waals surface area contributed by atoms with Crippen molar-refractivity contribution in [2.24, 2.45) is 0 Å². The predicted molar refractivity (Wildman–Crippen MR) is 94.5 cm³/mol. The van der Waals surface area contributed by atoms with Gasteiger partial charge in [0.05, 0.1) is 4.88 Å². The van der Waals surface area contributed by atoms with Gasteiger partial charge in [-0.15, -0.1) is 11.3 Å². The quantitative estimate of drug-likeness (QED) is 0.653. The maximum atomic E-state index is 12.0. The van der Waals surface area contributed by atoms with E-state index in [0.717, 1.165) is 17.5 Å². The van der Waals surface area contributed by atoms with Gasteiger partial charge in [-0.05, 0) is 42.7 Å². The molecule has 0 unspecified atom stereocenters. The second-order valence-corrected chi connectivity index (χ2v) is 6.41. The third kappa shape index (κ3) is 4.68. The van der Waals surface area contributed by atoms with Gasteiger partial charge in [0.15, 0.2) is 0 Å². The molecule has 0 fully saturated rings. The van der Waals surface area contributed by atoms with Crippen LogP contribution < -0.4 is 10.9 Å². The lowest BCUT2D eigenvalue weighted by atomic mass is 10.2. The van der Waals surface area contributed by atoms with Gasteiger partial charge in [-0.25, -0.2) is 0 Å². The van der Waals surface area contributed by atoms with Gasteiger partial charge >= 0.3 is 0 Å². The van der Waals surface area contributed by atoms with Crippen molar-refractivity contribution in [2.75, 3.05) is 0 Å². The highest BCUT2D eigenvalue weighted by atomic mass is 35.5. The minimum absolute atomic E-state index is 0.322. The van der Waals surface area contributed by atoms with Gasteiger partial charge in [-0.1, -0.05) is 36.7 Å². The fraction of sp³-hybridized carbons (Fsp3) is 0.176. The van der Waals surface area contributed by atoms with Crippen LogP contribution in [0, 0.1) is 6.92 Å². The Morgan fingerprint density at radius 1 is 1.26 bits per heavy atom. The van der Waals surface area contributed by atoms with E-state index >= 15 is 0 Å². The van der Waals surface area contributed by atoms with E-state index in [1.807, 2.05) is 32.0 Å². The lowest BCUT2D eigenvalue weighted by Gasteiger charge is -2.03. The van der Waals surface area contributed by atoms with E-state index in [0.29, 0.717) is 9.90 Å². The minimum atomic E-state index is -0.428. The number of carbonyl (C=O) groups is 2. The zero-order chi connectivity index (χ0) is 16.8. The van der Waals surface area contributed by atoms with Crippen LogP contribution in [0.15, 0.2) is 36.4 Å². The Kier molecular flexibility index (Phi) is 5.96. The molecule has 0 saturated carbocycles. The standard InChI is InChI=1S/C17H17ClN2O2S/c1-3-14-11(2)10-15(23-14)17(22)20-19-16(21)9-8-12-6-4-5-7-13(12)18/h4-10H,3H2,1-2H3,(H,19,21)(H,20,22)/b9-8+. The van der Waals surface area contributed by atoms with Crippen molar-refractivity contribution in [3.8, 4) is 0 Å². The number of benzene rings is 1. The van der Waals surface area contributed by atoms with Crippen LogP contribution >= 0.6 is 22.9 Å². The predicted octanol–water partition coefficient (Wildman–Crippen LogP) is 3.75. The summed E-state index contributed by atoms with van der Waals surface area (Å²) in [6.07, 6.45) is 3.80. The molecule has 0 bridgehead atoms. The second kappa shape index (κ2) is 7.94. The van der Waals surface area contributed by atoms with Gasteiger partial charge in [0.1, 0.15) is 0 Å². The number of thiophene rings is 1. The van der Waals surface area contributed by atoms with Crippen LogP contribution in [0.5, 0.6) is 0 Å². The number of amides is 2. The Labute approximate surface area is 144 Å². The van der Waals surface area contributed by atoms with Crippen LogP contribution in [0.1, 0.15) is 32.6 Å². The highest BCUT2D eigenvalue weighted by Crippen LogP contribution is 2.22. The third-order valence-electron chi connectivity index (χ3n) is 3.18. The number of halogens is 1. The molecule has 23 heavy (non-hydrogen) atoms. The summed E-state index contributed by atoms with van der Waals surface area (Å²) in [7, 11) is 0. The van der Waals surface area contributed by atoms with Gasteiger partial charge in [-0.3, -0.25) is 20.4 Å². The summed E-state index contributed by atoms with van der Waals surface area (Å²) in [6.45, 7) is 4.01. The van der Waals surface area contributed by atoms with E-state index in [-0.39, 0.29) is 5.91 Å².